The summed E-state index contributed by atoms with van der Waals surface area (Å²) in [6.45, 7) is 6.45. The van der Waals surface area contributed by atoms with Gasteiger partial charge in [0.15, 0.2) is 0 Å². The average molecular weight is 297 g/mol. The molecule has 2 aromatic rings. The summed E-state index contributed by atoms with van der Waals surface area (Å²) in [5.74, 6) is 0.0276. The van der Waals surface area contributed by atoms with Crippen molar-refractivity contribution in [2.75, 3.05) is 6.61 Å². The SMILES string of the molecule is Cc1cc(C)c(OCCC(C#N)c2ccccc2F)c(C)c1. The zero-order valence-corrected chi connectivity index (χ0v) is 13.2. The lowest BCUT2D eigenvalue weighted by Crippen LogP contribution is -2.07. The number of hydrogen-bond donors (Lipinski definition) is 0. The highest BCUT2D eigenvalue weighted by Gasteiger charge is 2.15. The predicted molar refractivity (Wildman–Crippen MR) is 85.5 cm³/mol. The van der Waals surface area contributed by atoms with Gasteiger partial charge < -0.3 is 4.74 Å². The highest BCUT2D eigenvalue weighted by atomic mass is 19.1. The van der Waals surface area contributed by atoms with Crippen LogP contribution < -0.4 is 4.74 Å². The highest BCUT2D eigenvalue weighted by molar-refractivity contribution is 5.43. The van der Waals surface area contributed by atoms with E-state index in [1.54, 1.807) is 18.2 Å². The Bertz CT molecular complexity index is 680. The molecule has 0 bridgehead atoms. The monoisotopic (exact) mass is 297 g/mol. The minimum atomic E-state index is -0.493. The van der Waals surface area contributed by atoms with Gasteiger partial charge in [0.1, 0.15) is 11.6 Å². The number of nitrogens with zero attached hydrogens (tertiary/aromatic N) is 1. The Kier molecular flexibility index (Phi) is 5.16. The molecule has 0 fully saturated rings. The molecule has 0 saturated carbocycles. The Labute approximate surface area is 131 Å². The first-order valence-electron chi connectivity index (χ1n) is 7.37. The molecule has 0 heterocycles. The second kappa shape index (κ2) is 7.09. The Morgan fingerprint density at radius 1 is 1.14 bits per heavy atom. The lowest BCUT2D eigenvalue weighted by atomic mass is 9.97. The van der Waals surface area contributed by atoms with Crippen molar-refractivity contribution < 1.29 is 9.13 Å². The van der Waals surface area contributed by atoms with Crippen molar-refractivity contribution in [1.82, 2.24) is 0 Å². The third kappa shape index (κ3) is 3.65. The maximum Gasteiger partial charge on any atom is 0.127 e. The van der Waals surface area contributed by atoms with E-state index in [0.29, 0.717) is 18.6 Å². The Morgan fingerprint density at radius 2 is 1.77 bits per heavy atom. The van der Waals surface area contributed by atoms with Crippen LogP contribution in [0.25, 0.3) is 0 Å². The van der Waals surface area contributed by atoms with E-state index in [-0.39, 0.29) is 5.82 Å². The second-order valence-corrected chi connectivity index (χ2v) is 5.57. The topological polar surface area (TPSA) is 33.0 Å². The van der Waals surface area contributed by atoms with Crippen LogP contribution in [0.4, 0.5) is 4.39 Å². The summed E-state index contributed by atoms with van der Waals surface area (Å²) in [6.07, 6.45) is 0.462. The van der Waals surface area contributed by atoms with E-state index in [4.69, 9.17) is 4.74 Å². The molecule has 2 rings (SSSR count). The van der Waals surface area contributed by atoms with Crippen molar-refractivity contribution in [1.29, 1.82) is 5.26 Å². The Hall–Kier alpha value is -2.34. The van der Waals surface area contributed by atoms with E-state index < -0.39 is 5.92 Å². The van der Waals surface area contributed by atoms with E-state index >= 15 is 0 Å². The molecule has 0 spiro atoms. The summed E-state index contributed by atoms with van der Waals surface area (Å²) in [4.78, 5) is 0. The van der Waals surface area contributed by atoms with Crippen LogP contribution in [0, 0.1) is 37.9 Å². The van der Waals surface area contributed by atoms with Gasteiger partial charge in [-0.3, -0.25) is 0 Å². The van der Waals surface area contributed by atoms with Gasteiger partial charge in [-0.1, -0.05) is 35.9 Å². The van der Waals surface area contributed by atoms with E-state index in [0.717, 1.165) is 16.9 Å². The van der Waals surface area contributed by atoms with E-state index in [2.05, 4.69) is 18.2 Å². The number of halogens is 1. The van der Waals surface area contributed by atoms with Crippen LogP contribution >= 0.6 is 0 Å². The number of aryl methyl sites for hydroxylation is 3. The fourth-order valence-electron chi connectivity index (χ4n) is 2.72. The second-order valence-electron chi connectivity index (χ2n) is 5.57. The van der Waals surface area contributed by atoms with Gasteiger partial charge in [0.25, 0.3) is 0 Å². The molecule has 0 aromatic heterocycles. The first-order valence-corrected chi connectivity index (χ1v) is 7.37. The molecule has 1 unspecified atom stereocenters. The van der Waals surface area contributed by atoms with Crippen molar-refractivity contribution in [2.45, 2.75) is 33.1 Å². The van der Waals surface area contributed by atoms with E-state index in [1.165, 1.54) is 11.6 Å². The molecule has 1 atom stereocenters. The molecule has 3 heteroatoms. The van der Waals surface area contributed by atoms with Crippen LogP contribution in [0.1, 0.15) is 34.6 Å². The summed E-state index contributed by atoms with van der Waals surface area (Å²) in [6, 6.07) is 12.7. The number of rotatable bonds is 5. The standard InChI is InChI=1S/C19H20FNO/c1-13-10-14(2)19(15(3)11-13)22-9-8-16(12-21)17-6-4-5-7-18(17)20/h4-7,10-11,16H,8-9H2,1-3H3. The first kappa shape index (κ1) is 16.0. The van der Waals surface area contributed by atoms with Crippen molar-refractivity contribution in [3.05, 3.63) is 64.5 Å². The smallest absolute Gasteiger partial charge is 0.127 e. The van der Waals surface area contributed by atoms with E-state index in [1.807, 2.05) is 20.8 Å². The normalized spacial score (nSPS) is 11.8. The molecule has 2 aromatic carbocycles. The van der Waals surface area contributed by atoms with Crippen molar-refractivity contribution in [2.24, 2.45) is 0 Å². The van der Waals surface area contributed by atoms with Crippen LogP contribution in [0.15, 0.2) is 36.4 Å². The Balaban J connectivity index is 2.04. The van der Waals surface area contributed by atoms with Gasteiger partial charge in [0, 0.05) is 12.0 Å². The van der Waals surface area contributed by atoms with Gasteiger partial charge in [-0.15, -0.1) is 0 Å². The van der Waals surface area contributed by atoms with Crippen molar-refractivity contribution in [3.8, 4) is 11.8 Å². The molecule has 0 aliphatic carbocycles. The highest BCUT2D eigenvalue weighted by Crippen LogP contribution is 2.26. The fourth-order valence-corrected chi connectivity index (χ4v) is 2.72. The summed E-state index contributed by atoms with van der Waals surface area (Å²) in [7, 11) is 0. The molecular formula is C19H20FNO. The predicted octanol–water partition coefficient (Wildman–Crippen LogP) is 4.83. The minimum absolute atomic E-state index is 0.336. The molecule has 0 aliphatic rings. The van der Waals surface area contributed by atoms with Gasteiger partial charge in [-0.2, -0.15) is 5.26 Å². The Morgan fingerprint density at radius 3 is 2.36 bits per heavy atom. The number of ether oxygens (including phenoxy) is 1. The summed E-state index contributed by atoms with van der Waals surface area (Å²) in [5, 5.41) is 9.27. The molecule has 2 nitrogen and oxygen atoms in total. The van der Waals surface area contributed by atoms with Crippen LogP contribution in [0.5, 0.6) is 5.75 Å². The molecule has 0 amide bonds. The molecule has 0 N–H and O–H groups in total. The molecule has 0 radical (unpaired) electrons. The zero-order valence-electron chi connectivity index (χ0n) is 13.2. The van der Waals surface area contributed by atoms with Crippen LogP contribution in [-0.2, 0) is 0 Å². The van der Waals surface area contributed by atoms with Crippen molar-refractivity contribution >= 4 is 0 Å². The van der Waals surface area contributed by atoms with Gasteiger partial charge in [-0.25, -0.2) is 4.39 Å². The molecule has 22 heavy (non-hydrogen) atoms. The van der Waals surface area contributed by atoms with Gasteiger partial charge in [0.2, 0.25) is 0 Å². The number of benzene rings is 2. The zero-order chi connectivity index (χ0) is 16.1. The summed E-state index contributed by atoms with van der Waals surface area (Å²) < 4.78 is 19.6. The van der Waals surface area contributed by atoms with E-state index in [9.17, 15) is 9.65 Å². The van der Waals surface area contributed by atoms with Crippen molar-refractivity contribution in [3.63, 3.8) is 0 Å². The van der Waals surface area contributed by atoms with Gasteiger partial charge in [0.05, 0.1) is 18.6 Å². The third-order valence-corrected chi connectivity index (χ3v) is 3.69. The third-order valence-electron chi connectivity index (χ3n) is 3.69. The quantitative estimate of drug-likeness (QED) is 0.792. The summed E-state index contributed by atoms with van der Waals surface area (Å²) >= 11 is 0. The van der Waals surface area contributed by atoms with Crippen LogP contribution in [0.3, 0.4) is 0 Å². The first-order chi connectivity index (χ1) is 10.5. The van der Waals surface area contributed by atoms with Crippen LogP contribution in [-0.4, -0.2) is 6.61 Å². The number of hydrogen-bond acceptors (Lipinski definition) is 2. The largest absolute Gasteiger partial charge is 0.493 e. The van der Waals surface area contributed by atoms with Gasteiger partial charge in [-0.05, 0) is 38.0 Å². The molecule has 0 aliphatic heterocycles. The van der Waals surface area contributed by atoms with Gasteiger partial charge >= 0.3 is 0 Å². The molecular weight excluding hydrogens is 277 g/mol. The molecule has 114 valence electrons. The fraction of sp³-hybridized carbons (Fsp3) is 0.316. The minimum Gasteiger partial charge on any atom is -0.493 e. The summed E-state index contributed by atoms with van der Waals surface area (Å²) in [5.41, 5.74) is 3.79. The average Bonchev–Trinajstić information content (AvgIpc) is 2.47. The lowest BCUT2D eigenvalue weighted by molar-refractivity contribution is 0.301. The maximum absolute atomic E-state index is 13.8. The number of nitriles is 1. The van der Waals surface area contributed by atoms with Crippen LogP contribution in [0.2, 0.25) is 0 Å². The molecule has 0 saturated heterocycles. The lowest BCUT2D eigenvalue weighted by Gasteiger charge is -2.15. The maximum atomic E-state index is 13.8.